The van der Waals surface area contributed by atoms with Gasteiger partial charge in [-0.05, 0) is 6.07 Å². The van der Waals surface area contributed by atoms with Crippen LogP contribution in [0.1, 0.15) is 23.2 Å². The van der Waals surface area contributed by atoms with E-state index in [1.807, 2.05) is 4.90 Å². The minimum absolute atomic E-state index is 0.101. The van der Waals surface area contributed by atoms with Crippen molar-refractivity contribution in [3.63, 3.8) is 0 Å². The van der Waals surface area contributed by atoms with E-state index in [4.69, 9.17) is 9.47 Å². The molecule has 2 aromatic rings. The number of thioether (sulfide) groups is 1. The first-order valence-electron chi connectivity index (χ1n) is 9.18. The molecule has 11 heteroatoms. The summed E-state index contributed by atoms with van der Waals surface area (Å²) >= 11 is 1.25. The molecule has 152 valence electrons. The topological polar surface area (TPSA) is 124 Å². The van der Waals surface area contributed by atoms with E-state index >= 15 is 0 Å². The third-order valence-electron chi connectivity index (χ3n) is 5.73. The monoisotopic (exact) mass is 419 g/mol. The molecule has 29 heavy (non-hydrogen) atoms. The lowest BCUT2D eigenvalue weighted by Crippen LogP contribution is -2.45. The number of carbonyl (C=O) groups is 1. The van der Waals surface area contributed by atoms with Crippen molar-refractivity contribution in [1.29, 1.82) is 0 Å². The lowest BCUT2D eigenvalue weighted by Gasteiger charge is -2.38. The Morgan fingerprint density at radius 1 is 1.24 bits per heavy atom. The van der Waals surface area contributed by atoms with Crippen molar-refractivity contribution in [2.45, 2.75) is 29.5 Å². The van der Waals surface area contributed by atoms with Gasteiger partial charge in [0.15, 0.2) is 5.79 Å². The number of hydrogen-bond donors (Lipinski definition) is 1. The summed E-state index contributed by atoms with van der Waals surface area (Å²) < 4.78 is 13.1. The number of ether oxygens (including phenoxy) is 2. The lowest BCUT2D eigenvalue weighted by atomic mass is 10.0. The Kier molecular flexibility index (Phi) is 4.09. The van der Waals surface area contributed by atoms with Crippen LogP contribution in [-0.4, -0.2) is 52.7 Å². The van der Waals surface area contributed by atoms with Gasteiger partial charge in [-0.15, -0.1) is 0 Å². The molecule has 1 N–H and O–H groups in total. The van der Waals surface area contributed by atoms with Crippen LogP contribution in [0.2, 0.25) is 0 Å². The highest BCUT2D eigenvalue weighted by Crippen LogP contribution is 2.41. The fourth-order valence-electron chi connectivity index (χ4n) is 4.24. The minimum Gasteiger partial charge on any atom is -0.477 e. The molecule has 2 saturated heterocycles. The predicted molar refractivity (Wildman–Crippen MR) is 104 cm³/mol. The Hall–Kier alpha value is -2.63. The number of carboxylic acid groups (broad SMARTS) is 1. The third kappa shape index (κ3) is 2.72. The van der Waals surface area contributed by atoms with E-state index in [2.05, 4.69) is 0 Å². The van der Waals surface area contributed by atoms with Gasteiger partial charge in [0.05, 0.1) is 34.6 Å². The number of nitro benzene ring substituents is 1. The van der Waals surface area contributed by atoms with Gasteiger partial charge in [-0.1, -0.05) is 11.8 Å². The highest BCUT2D eigenvalue weighted by Gasteiger charge is 2.41. The van der Waals surface area contributed by atoms with E-state index in [1.165, 1.54) is 23.9 Å². The molecule has 0 atom stereocenters. The van der Waals surface area contributed by atoms with Crippen molar-refractivity contribution >= 4 is 40.0 Å². The van der Waals surface area contributed by atoms with Crippen LogP contribution < -0.4 is 10.3 Å². The predicted octanol–water partition coefficient (Wildman–Crippen LogP) is 2.01. The zero-order valence-corrected chi connectivity index (χ0v) is 16.1. The van der Waals surface area contributed by atoms with Crippen LogP contribution in [-0.2, 0) is 15.4 Å². The van der Waals surface area contributed by atoms with Crippen molar-refractivity contribution in [2.75, 3.05) is 31.2 Å². The molecule has 0 radical (unpaired) electrons. The normalized spacial score (nSPS) is 19.9. The number of aromatic nitrogens is 1. The number of carboxylic acids is 1. The van der Waals surface area contributed by atoms with Gasteiger partial charge in [-0.3, -0.25) is 14.9 Å². The highest BCUT2D eigenvalue weighted by molar-refractivity contribution is 7.99. The van der Waals surface area contributed by atoms with E-state index in [1.54, 1.807) is 4.57 Å². The standard InChI is InChI=1S/C18H17N3O7S/c22-15-10-7-12(19-3-1-18(2-4-19)27-5-6-28-18)13(21(25)26)8-11(10)20-9-29-16(20)14(15)17(23)24/h7-8H,1-6,9H2,(H,23,24). The zero-order chi connectivity index (χ0) is 20.3. The number of benzene rings is 1. The summed E-state index contributed by atoms with van der Waals surface area (Å²) in [7, 11) is 0. The van der Waals surface area contributed by atoms with Crippen LogP contribution in [0.3, 0.4) is 0 Å². The number of rotatable bonds is 3. The van der Waals surface area contributed by atoms with Crippen molar-refractivity contribution < 1.29 is 24.3 Å². The average Bonchev–Trinajstić information content (AvgIpc) is 3.12. The van der Waals surface area contributed by atoms with Gasteiger partial charge >= 0.3 is 5.97 Å². The summed E-state index contributed by atoms with van der Waals surface area (Å²) in [6, 6.07) is 2.85. The highest BCUT2D eigenvalue weighted by atomic mass is 32.2. The van der Waals surface area contributed by atoms with Gasteiger partial charge in [0.2, 0.25) is 5.43 Å². The second kappa shape index (κ2) is 6.44. The number of aromatic carboxylic acids is 1. The number of nitrogens with zero attached hydrogens (tertiary/aromatic N) is 3. The molecule has 5 rings (SSSR count). The molecule has 1 spiro atoms. The van der Waals surface area contributed by atoms with Crippen LogP contribution in [0.25, 0.3) is 10.9 Å². The number of hydrogen-bond acceptors (Lipinski definition) is 8. The molecule has 3 aliphatic heterocycles. The second-order valence-corrected chi connectivity index (χ2v) is 8.16. The van der Waals surface area contributed by atoms with Crippen LogP contribution in [0.15, 0.2) is 22.0 Å². The Balaban J connectivity index is 1.63. The van der Waals surface area contributed by atoms with E-state index in [0.29, 0.717) is 61.3 Å². The van der Waals surface area contributed by atoms with E-state index < -0.39 is 22.1 Å². The number of piperidine rings is 1. The van der Waals surface area contributed by atoms with Gasteiger partial charge in [0, 0.05) is 37.4 Å². The zero-order valence-electron chi connectivity index (χ0n) is 15.3. The van der Waals surface area contributed by atoms with Crippen LogP contribution in [0.5, 0.6) is 0 Å². The molecule has 0 unspecified atom stereocenters. The number of fused-ring (bicyclic) bond motifs is 3. The fourth-order valence-corrected chi connectivity index (χ4v) is 5.19. The van der Waals surface area contributed by atoms with Crippen molar-refractivity contribution in [3.05, 3.63) is 38.0 Å². The summed E-state index contributed by atoms with van der Waals surface area (Å²) in [5.41, 5.74) is -0.288. The van der Waals surface area contributed by atoms with E-state index in [9.17, 15) is 24.8 Å². The maximum atomic E-state index is 12.9. The van der Waals surface area contributed by atoms with Crippen LogP contribution in [0, 0.1) is 10.1 Å². The number of nitro groups is 1. The maximum absolute atomic E-state index is 12.9. The number of pyridine rings is 1. The maximum Gasteiger partial charge on any atom is 0.342 e. The molecule has 4 heterocycles. The third-order valence-corrected chi connectivity index (χ3v) is 6.82. The van der Waals surface area contributed by atoms with Crippen molar-refractivity contribution in [2.24, 2.45) is 0 Å². The molecule has 2 fully saturated rings. The molecule has 3 aliphatic rings. The quantitative estimate of drug-likeness (QED) is 0.587. The Labute approximate surface area is 168 Å². The average molecular weight is 419 g/mol. The number of anilines is 1. The molecular weight excluding hydrogens is 402 g/mol. The Bertz CT molecular complexity index is 1110. The first kappa shape index (κ1) is 18.4. The summed E-state index contributed by atoms with van der Waals surface area (Å²) in [4.78, 5) is 37.6. The molecular formula is C18H17N3O7S. The molecule has 0 bridgehead atoms. The molecule has 10 nitrogen and oxygen atoms in total. The largest absolute Gasteiger partial charge is 0.477 e. The van der Waals surface area contributed by atoms with Gasteiger partial charge in [-0.2, -0.15) is 0 Å². The van der Waals surface area contributed by atoms with E-state index in [0.717, 1.165) is 0 Å². The molecule has 0 aliphatic carbocycles. The summed E-state index contributed by atoms with van der Waals surface area (Å²) in [5, 5.41) is 21.8. The van der Waals surface area contributed by atoms with Gasteiger partial charge in [0.1, 0.15) is 11.3 Å². The summed E-state index contributed by atoms with van der Waals surface area (Å²) in [5.74, 6) is -1.47. The minimum atomic E-state index is -1.29. The summed E-state index contributed by atoms with van der Waals surface area (Å²) in [6.07, 6.45) is 1.12. The van der Waals surface area contributed by atoms with Gasteiger partial charge in [0.25, 0.3) is 5.69 Å². The lowest BCUT2D eigenvalue weighted by molar-refractivity contribution is -0.384. The Morgan fingerprint density at radius 3 is 2.48 bits per heavy atom. The molecule has 1 aromatic carbocycles. The van der Waals surface area contributed by atoms with Crippen LogP contribution in [0.4, 0.5) is 11.4 Å². The fraction of sp³-hybridized carbons (Fsp3) is 0.444. The molecule has 0 amide bonds. The summed E-state index contributed by atoms with van der Waals surface area (Å²) in [6.45, 7) is 2.02. The van der Waals surface area contributed by atoms with E-state index in [-0.39, 0.29) is 16.6 Å². The smallest absolute Gasteiger partial charge is 0.342 e. The van der Waals surface area contributed by atoms with Gasteiger partial charge in [-0.25, -0.2) is 4.79 Å². The first-order chi connectivity index (χ1) is 13.9. The van der Waals surface area contributed by atoms with Crippen LogP contribution >= 0.6 is 11.8 Å². The van der Waals surface area contributed by atoms with Gasteiger partial charge < -0.3 is 24.0 Å². The van der Waals surface area contributed by atoms with Crippen molar-refractivity contribution in [1.82, 2.24) is 4.57 Å². The molecule has 1 aromatic heterocycles. The first-order valence-corrected chi connectivity index (χ1v) is 10.2. The van der Waals surface area contributed by atoms with Crippen molar-refractivity contribution in [3.8, 4) is 0 Å². The SMILES string of the molecule is O=C(O)c1c2n(c3cc([N+](=O)[O-])c(N4CCC5(CC4)OCCO5)cc3c1=O)CS2. The Morgan fingerprint density at radius 2 is 1.93 bits per heavy atom. The second-order valence-electron chi connectivity index (χ2n) is 7.23. The molecule has 0 saturated carbocycles.